The quantitative estimate of drug-likeness (QED) is 0.794. The first-order chi connectivity index (χ1) is 8.05. The first-order valence-electron chi connectivity index (χ1n) is 5.71. The summed E-state index contributed by atoms with van der Waals surface area (Å²) < 4.78 is 10.5. The highest BCUT2D eigenvalue weighted by atomic mass is 16.5. The summed E-state index contributed by atoms with van der Waals surface area (Å²) in [4.78, 5) is 0. The fourth-order valence-corrected chi connectivity index (χ4v) is 1.58. The van der Waals surface area contributed by atoms with Gasteiger partial charge in [-0.15, -0.1) is 0 Å². The third-order valence-electron chi connectivity index (χ3n) is 3.19. The molecule has 0 aliphatic rings. The Hall–Kier alpha value is -1.26. The summed E-state index contributed by atoms with van der Waals surface area (Å²) in [6.07, 6.45) is 0.0228. The summed E-state index contributed by atoms with van der Waals surface area (Å²) in [6, 6.07) is 7.76. The lowest BCUT2D eigenvalue weighted by Gasteiger charge is -2.35. The van der Waals surface area contributed by atoms with E-state index in [2.05, 4.69) is 5.32 Å². The van der Waals surface area contributed by atoms with E-state index in [1.807, 2.05) is 38.1 Å². The van der Waals surface area contributed by atoms with Gasteiger partial charge in [-0.3, -0.25) is 0 Å². The van der Waals surface area contributed by atoms with Crippen molar-refractivity contribution in [2.24, 2.45) is 5.73 Å². The van der Waals surface area contributed by atoms with Gasteiger partial charge in [0.05, 0.1) is 18.8 Å². The monoisotopic (exact) mass is 238 g/mol. The maximum atomic E-state index is 5.82. The first-order valence-corrected chi connectivity index (χ1v) is 5.71. The second-order valence-electron chi connectivity index (χ2n) is 4.35. The van der Waals surface area contributed by atoms with Gasteiger partial charge in [-0.25, -0.2) is 0 Å². The van der Waals surface area contributed by atoms with Crippen LogP contribution in [0.4, 0.5) is 5.69 Å². The van der Waals surface area contributed by atoms with Crippen molar-refractivity contribution in [3.8, 4) is 5.75 Å². The van der Waals surface area contributed by atoms with Gasteiger partial charge in [0.2, 0.25) is 0 Å². The number of ether oxygens (including phenoxy) is 2. The van der Waals surface area contributed by atoms with Crippen molar-refractivity contribution in [3.05, 3.63) is 24.3 Å². The van der Waals surface area contributed by atoms with E-state index in [1.165, 1.54) is 0 Å². The Morgan fingerprint density at radius 1 is 1.29 bits per heavy atom. The van der Waals surface area contributed by atoms with Crippen LogP contribution in [0.2, 0.25) is 0 Å². The van der Waals surface area contributed by atoms with E-state index in [1.54, 1.807) is 14.2 Å². The molecule has 4 heteroatoms. The minimum absolute atomic E-state index is 0.0228. The van der Waals surface area contributed by atoms with Crippen LogP contribution in [0.25, 0.3) is 0 Å². The zero-order valence-corrected chi connectivity index (χ0v) is 11.0. The van der Waals surface area contributed by atoms with Crippen LogP contribution in [0, 0.1) is 0 Å². The lowest BCUT2D eigenvalue weighted by atomic mass is 9.95. The Labute approximate surface area is 103 Å². The molecule has 0 radical (unpaired) electrons. The van der Waals surface area contributed by atoms with Gasteiger partial charge in [0.15, 0.2) is 0 Å². The lowest BCUT2D eigenvalue weighted by molar-refractivity contribution is 0.0688. The molecular weight excluding hydrogens is 216 g/mol. The van der Waals surface area contributed by atoms with Crippen molar-refractivity contribution in [2.75, 3.05) is 26.1 Å². The molecule has 0 saturated heterocycles. The maximum Gasteiger partial charge on any atom is 0.119 e. The highest BCUT2D eigenvalue weighted by molar-refractivity contribution is 5.48. The van der Waals surface area contributed by atoms with Crippen molar-refractivity contribution in [3.63, 3.8) is 0 Å². The van der Waals surface area contributed by atoms with Crippen LogP contribution in [0.3, 0.4) is 0 Å². The van der Waals surface area contributed by atoms with E-state index in [9.17, 15) is 0 Å². The summed E-state index contributed by atoms with van der Waals surface area (Å²) in [5, 5.41) is 3.40. The van der Waals surface area contributed by atoms with E-state index >= 15 is 0 Å². The Bertz CT molecular complexity index is 340. The zero-order valence-electron chi connectivity index (χ0n) is 11.0. The van der Waals surface area contributed by atoms with Gasteiger partial charge in [0.25, 0.3) is 0 Å². The molecule has 0 bridgehead atoms. The number of benzene rings is 1. The SMILES string of the molecule is COc1ccc(NC(C)(CN)C(C)OC)cc1. The lowest BCUT2D eigenvalue weighted by Crippen LogP contribution is -2.51. The Kier molecular flexibility index (Phi) is 4.78. The number of hydrogen-bond donors (Lipinski definition) is 2. The molecule has 0 aliphatic heterocycles. The number of methoxy groups -OCH3 is 2. The van der Waals surface area contributed by atoms with Crippen LogP contribution >= 0.6 is 0 Å². The zero-order chi connectivity index (χ0) is 12.9. The molecule has 0 aromatic heterocycles. The molecule has 0 spiro atoms. The normalized spacial score (nSPS) is 16.1. The van der Waals surface area contributed by atoms with Crippen LogP contribution in [0.1, 0.15) is 13.8 Å². The molecule has 0 aliphatic carbocycles. The van der Waals surface area contributed by atoms with Gasteiger partial charge in [-0.2, -0.15) is 0 Å². The largest absolute Gasteiger partial charge is 0.497 e. The molecule has 1 aromatic carbocycles. The molecule has 4 nitrogen and oxygen atoms in total. The highest BCUT2D eigenvalue weighted by Crippen LogP contribution is 2.21. The van der Waals surface area contributed by atoms with E-state index < -0.39 is 0 Å². The molecule has 3 N–H and O–H groups in total. The fourth-order valence-electron chi connectivity index (χ4n) is 1.58. The molecule has 0 amide bonds. The van der Waals surface area contributed by atoms with Crippen molar-refractivity contribution < 1.29 is 9.47 Å². The topological polar surface area (TPSA) is 56.5 Å². The number of nitrogens with two attached hydrogens (primary N) is 1. The Morgan fingerprint density at radius 3 is 2.29 bits per heavy atom. The van der Waals surface area contributed by atoms with Gasteiger partial charge >= 0.3 is 0 Å². The summed E-state index contributed by atoms with van der Waals surface area (Å²) >= 11 is 0. The minimum Gasteiger partial charge on any atom is -0.497 e. The van der Waals surface area contributed by atoms with Crippen LogP contribution in [0.5, 0.6) is 5.75 Å². The van der Waals surface area contributed by atoms with E-state index in [0.29, 0.717) is 6.54 Å². The van der Waals surface area contributed by atoms with Crippen LogP contribution in [-0.4, -0.2) is 32.4 Å². The molecule has 2 unspecified atom stereocenters. The standard InChI is InChI=1S/C13H22N2O2/c1-10(16-3)13(2,9-14)15-11-5-7-12(17-4)8-6-11/h5-8,10,15H,9,14H2,1-4H3. The van der Waals surface area contributed by atoms with Gasteiger partial charge in [0.1, 0.15) is 5.75 Å². The van der Waals surface area contributed by atoms with Crippen LogP contribution in [0.15, 0.2) is 24.3 Å². The van der Waals surface area contributed by atoms with Gasteiger partial charge in [-0.1, -0.05) is 0 Å². The molecule has 0 saturated carbocycles. The first kappa shape index (κ1) is 13.8. The van der Waals surface area contributed by atoms with Gasteiger partial charge in [-0.05, 0) is 38.1 Å². The molecule has 1 aromatic rings. The van der Waals surface area contributed by atoms with Gasteiger partial charge in [0, 0.05) is 19.3 Å². The molecule has 0 heterocycles. The van der Waals surface area contributed by atoms with E-state index in [0.717, 1.165) is 11.4 Å². The molecule has 2 atom stereocenters. The molecule has 0 fully saturated rings. The van der Waals surface area contributed by atoms with Crippen LogP contribution in [-0.2, 0) is 4.74 Å². The Balaban J connectivity index is 2.79. The van der Waals surface area contributed by atoms with Crippen molar-refractivity contribution >= 4 is 5.69 Å². The van der Waals surface area contributed by atoms with Crippen molar-refractivity contribution in [2.45, 2.75) is 25.5 Å². The van der Waals surface area contributed by atoms with E-state index in [4.69, 9.17) is 15.2 Å². The predicted molar refractivity (Wildman–Crippen MR) is 70.5 cm³/mol. The third-order valence-corrected chi connectivity index (χ3v) is 3.19. The van der Waals surface area contributed by atoms with Crippen molar-refractivity contribution in [1.82, 2.24) is 0 Å². The van der Waals surface area contributed by atoms with E-state index in [-0.39, 0.29) is 11.6 Å². The summed E-state index contributed by atoms with van der Waals surface area (Å²) in [6.45, 7) is 4.54. The smallest absolute Gasteiger partial charge is 0.119 e. The number of rotatable bonds is 6. The Morgan fingerprint density at radius 2 is 1.88 bits per heavy atom. The second-order valence-corrected chi connectivity index (χ2v) is 4.35. The second kappa shape index (κ2) is 5.89. The maximum absolute atomic E-state index is 5.82. The summed E-state index contributed by atoms with van der Waals surface area (Å²) in [5.74, 6) is 0.838. The summed E-state index contributed by atoms with van der Waals surface area (Å²) in [7, 11) is 3.34. The van der Waals surface area contributed by atoms with Crippen LogP contribution < -0.4 is 15.8 Å². The van der Waals surface area contributed by atoms with Crippen molar-refractivity contribution in [1.29, 1.82) is 0 Å². The fraction of sp³-hybridized carbons (Fsp3) is 0.538. The highest BCUT2D eigenvalue weighted by Gasteiger charge is 2.29. The number of nitrogens with one attached hydrogen (secondary N) is 1. The molecular formula is C13H22N2O2. The third kappa shape index (κ3) is 3.35. The predicted octanol–water partition coefficient (Wildman–Crippen LogP) is 1.86. The van der Waals surface area contributed by atoms with Gasteiger partial charge < -0.3 is 20.5 Å². The molecule has 17 heavy (non-hydrogen) atoms. The molecule has 96 valence electrons. The number of hydrogen-bond acceptors (Lipinski definition) is 4. The molecule has 1 rings (SSSR count). The average molecular weight is 238 g/mol. The summed E-state index contributed by atoms with van der Waals surface area (Å²) in [5.41, 5.74) is 6.53. The minimum atomic E-state index is -0.288. The number of anilines is 1. The average Bonchev–Trinajstić information content (AvgIpc) is 2.38.